The summed E-state index contributed by atoms with van der Waals surface area (Å²) in [6, 6.07) is 17.0. The fourth-order valence-corrected chi connectivity index (χ4v) is 2.78. The van der Waals surface area contributed by atoms with Crippen LogP contribution in [-0.4, -0.2) is 21.6 Å². The zero-order valence-electron chi connectivity index (χ0n) is 14.1. The van der Waals surface area contributed by atoms with Crippen molar-refractivity contribution in [3.63, 3.8) is 0 Å². The summed E-state index contributed by atoms with van der Waals surface area (Å²) in [5.41, 5.74) is 2.00. The highest BCUT2D eigenvalue weighted by molar-refractivity contribution is 6.30. The van der Waals surface area contributed by atoms with Crippen molar-refractivity contribution in [3.8, 4) is 11.1 Å². The molecule has 0 saturated heterocycles. The molecule has 1 amide bonds. The van der Waals surface area contributed by atoms with Crippen LogP contribution >= 0.6 is 11.6 Å². The second-order valence-corrected chi connectivity index (χ2v) is 6.26. The van der Waals surface area contributed by atoms with Crippen LogP contribution in [0.25, 0.3) is 11.1 Å². The number of carbonyl (C=O) groups excluding carboxylic acids is 1. The van der Waals surface area contributed by atoms with E-state index in [0.29, 0.717) is 16.3 Å². The first-order chi connectivity index (χ1) is 12.9. The molecule has 0 bridgehead atoms. The van der Waals surface area contributed by atoms with Crippen LogP contribution in [0.1, 0.15) is 10.4 Å². The summed E-state index contributed by atoms with van der Waals surface area (Å²) >= 11 is 6.02. The molecular weight excluding hydrogens is 368 g/mol. The summed E-state index contributed by atoms with van der Waals surface area (Å²) in [6.45, 7) is -0.479. The third kappa shape index (κ3) is 4.62. The van der Waals surface area contributed by atoms with Gasteiger partial charge in [0.15, 0.2) is 0 Å². The van der Waals surface area contributed by atoms with Crippen molar-refractivity contribution in [1.29, 1.82) is 0 Å². The summed E-state index contributed by atoms with van der Waals surface area (Å²) in [5, 5.41) is 12.1. The van der Waals surface area contributed by atoms with E-state index in [9.17, 15) is 14.4 Å². The lowest BCUT2D eigenvalue weighted by molar-refractivity contribution is -0.137. The highest BCUT2D eigenvalue weighted by Gasteiger charge is 2.10. The highest BCUT2D eigenvalue weighted by atomic mass is 35.5. The van der Waals surface area contributed by atoms with Gasteiger partial charge in [0, 0.05) is 22.8 Å². The van der Waals surface area contributed by atoms with Gasteiger partial charge in [0.25, 0.3) is 11.5 Å². The number of pyridine rings is 1. The molecule has 0 radical (unpaired) electrons. The molecule has 0 atom stereocenters. The molecule has 0 aliphatic rings. The minimum absolute atomic E-state index is 0.328. The fraction of sp³-hybridized carbons (Fsp3) is 0.0500. The van der Waals surface area contributed by atoms with Gasteiger partial charge in [-0.1, -0.05) is 35.9 Å². The molecule has 0 saturated carbocycles. The number of benzene rings is 2. The lowest BCUT2D eigenvalue weighted by Crippen LogP contribution is -2.24. The Labute approximate surface area is 159 Å². The number of nitrogens with one attached hydrogen (secondary N) is 1. The predicted molar refractivity (Wildman–Crippen MR) is 103 cm³/mol. The molecule has 6 nitrogen and oxygen atoms in total. The lowest BCUT2D eigenvalue weighted by Gasteiger charge is -2.09. The quantitative estimate of drug-likeness (QED) is 0.706. The number of amides is 1. The second-order valence-electron chi connectivity index (χ2n) is 5.82. The van der Waals surface area contributed by atoms with E-state index in [0.717, 1.165) is 15.7 Å². The molecule has 2 aromatic carbocycles. The van der Waals surface area contributed by atoms with Gasteiger partial charge in [0.05, 0.1) is 5.69 Å². The Balaban J connectivity index is 1.84. The third-order valence-corrected chi connectivity index (χ3v) is 4.06. The van der Waals surface area contributed by atoms with Crippen LogP contribution in [0.2, 0.25) is 5.02 Å². The Morgan fingerprint density at radius 2 is 1.70 bits per heavy atom. The van der Waals surface area contributed by atoms with E-state index < -0.39 is 18.1 Å². The molecule has 7 heteroatoms. The molecule has 0 aliphatic carbocycles. The maximum Gasteiger partial charge on any atom is 0.323 e. The van der Waals surface area contributed by atoms with Gasteiger partial charge in [0.1, 0.15) is 6.54 Å². The van der Waals surface area contributed by atoms with Crippen LogP contribution in [-0.2, 0) is 11.3 Å². The largest absolute Gasteiger partial charge is 0.480 e. The highest BCUT2D eigenvalue weighted by Crippen LogP contribution is 2.23. The molecule has 3 aromatic rings. The van der Waals surface area contributed by atoms with Gasteiger partial charge in [-0.25, -0.2) is 0 Å². The Bertz CT molecular complexity index is 1080. The minimum Gasteiger partial charge on any atom is -0.480 e. The van der Waals surface area contributed by atoms with E-state index in [4.69, 9.17) is 16.7 Å². The maximum absolute atomic E-state index is 12.5. The van der Waals surface area contributed by atoms with Crippen molar-refractivity contribution >= 4 is 29.2 Å². The monoisotopic (exact) mass is 382 g/mol. The first-order valence-electron chi connectivity index (χ1n) is 8.02. The number of carboxylic acid groups (broad SMARTS) is 1. The molecule has 0 spiro atoms. The summed E-state index contributed by atoms with van der Waals surface area (Å²) < 4.78 is 1.01. The number of nitrogens with zero attached hydrogens (tertiary/aromatic N) is 1. The van der Waals surface area contributed by atoms with E-state index in [1.54, 1.807) is 30.3 Å². The van der Waals surface area contributed by atoms with Crippen molar-refractivity contribution < 1.29 is 14.7 Å². The molecule has 0 fully saturated rings. The van der Waals surface area contributed by atoms with Gasteiger partial charge in [0.2, 0.25) is 0 Å². The number of anilines is 1. The summed E-state index contributed by atoms with van der Waals surface area (Å²) in [4.78, 5) is 35.0. The van der Waals surface area contributed by atoms with Gasteiger partial charge < -0.3 is 15.0 Å². The number of aromatic nitrogens is 1. The Kier molecular flexibility index (Phi) is 5.38. The van der Waals surface area contributed by atoms with Crippen LogP contribution in [0, 0.1) is 0 Å². The Hall–Kier alpha value is -3.38. The van der Waals surface area contributed by atoms with Crippen LogP contribution in [0.4, 0.5) is 5.69 Å². The summed E-state index contributed by atoms with van der Waals surface area (Å²) in [7, 11) is 0. The molecule has 27 heavy (non-hydrogen) atoms. The number of hydrogen-bond donors (Lipinski definition) is 2. The van der Waals surface area contributed by atoms with Crippen LogP contribution < -0.4 is 10.9 Å². The van der Waals surface area contributed by atoms with E-state index in [-0.39, 0.29) is 5.91 Å². The zero-order valence-corrected chi connectivity index (χ0v) is 14.8. The first kappa shape index (κ1) is 18.4. The van der Waals surface area contributed by atoms with Crippen molar-refractivity contribution in [2.24, 2.45) is 0 Å². The Morgan fingerprint density at radius 1 is 1.00 bits per heavy atom. The number of halogens is 1. The molecule has 0 unspecified atom stereocenters. The van der Waals surface area contributed by atoms with E-state index in [1.807, 2.05) is 18.2 Å². The first-order valence-corrected chi connectivity index (χ1v) is 8.40. The van der Waals surface area contributed by atoms with Crippen LogP contribution in [0.5, 0.6) is 0 Å². The molecule has 3 rings (SSSR count). The number of rotatable bonds is 5. The standard InChI is InChI=1S/C20H15ClN2O4/c21-16-6-2-4-14(10-16)13-3-1-5-15(9-13)20(27)22-17-7-8-18(24)23(11-17)12-19(25)26/h1-11H,12H2,(H,22,27)(H,25,26). The van der Waals surface area contributed by atoms with Gasteiger partial charge in [-0.2, -0.15) is 0 Å². The Morgan fingerprint density at radius 3 is 2.41 bits per heavy atom. The molecular formula is C20H15ClN2O4. The average molecular weight is 383 g/mol. The van der Waals surface area contributed by atoms with E-state index in [2.05, 4.69) is 5.32 Å². The molecule has 136 valence electrons. The minimum atomic E-state index is -1.14. The summed E-state index contributed by atoms with van der Waals surface area (Å²) in [5.74, 6) is -1.52. The fourth-order valence-electron chi connectivity index (χ4n) is 2.59. The van der Waals surface area contributed by atoms with Crippen molar-refractivity contribution in [2.75, 3.05) is 5.32 Å². The molecule has 1 heterocycles. The van der Waals surface area contributed by atoms with Crippen LogP contribution in [0.3, 0.4) is 0 Å². The van der Waals surface area contributed by atoms with Gasteiger partial charge >= 0.3 is 5.97 Å². The maximum atomic E-state index is 12.5. The number of aliphatic carboxylic acids is 1. The third-order valence-electron chi connectivity index (χ3n) is 3.83. The van der Waals surface area contributed by atoms with E-state index in [1.165, 1.54) is 18.3 Å². The molecule has 0 aliphatic heterocycles. The number of carboxylic acids is 1. The normalized spacial score (nSPS) is 10.4. The zero-order chi connectivity index (χ0) is 19.4. The van der Waals surface area contributed by atoms with Crippen molar-refractivity contribution in [2.45, 2.75) is 6.54 Å². The van der Waals surface area contributed by atoms with Crippen LogP contribution in [0.15, 0.2) is 71.7 Å². The van der Waals surface area contributed by atoms with Crippen molar-refractivity contribution in [3.05, 3.63) is 87.8 Å². The van der Waals surface area contributed by atoms with Crippen molar-refractivity contribution in [1.82, 2.24) is 4.57 Å². The van der Waals surface area contributed by atoms with Gasteiger partial charge in [-0.3, -0.25) is 14.4 Å². The van der Waals surface area contributed by atoms with Gasteiger partial charge in [-0.15, -0.1) is 0 Å². The lowest BCUT2D eigenvalue weighted by atomic mass is 10.0. The number of hydrogen-bond acceptors (Lipinski definition) is 3. The van der Waals surface area contributed by atoms with E-state index >= 15 is 0 Å². The predicted octanol–water partition coefficient (Wildman–Crippen LogP) is 3.51. The number of carbonyl (C=O) groups is 2. The second kappa shape index (κ2) is 7.88. The smallest absolute Gasteiger partial charge is 0.323 e. The average Bonchev–Trinajstić information content (AvgIpc) is 2.64. The summed E-state index contributed by atoms with van der Waals surface area (Å²) in [6.07, 6.45) is 1.30. The SMILES string of the molecule is O=C(O)Cn1cc(NC(=O)c2cccc(-c3cccc(Cl)c3)c2)ccc1=O. The topological polar surface area (TPSA) is 88.4 Å². The molecule has 1 aromatic heterocycles. The van der Waals surface area contributed by atoms with Gasteiger partial charge in [-0.05, 0) is 41.5 Å². The molecule has 2 N–H and O–H groups in total.